The summed E-state index contributed by atoms with van der Waals surface area (Å²) in [6.07, 6.45) is 3.08. The summed E-state index contributed by atoms with van der Waals surface area (Å²) >= 11 is 0. The average molecular weight is 779 g/mol. The monoisotopic (exact) mass is 778 g/mol. The number of ether oxygens (including phenoxy) is 12. The molecule has 0 saturated heterocycles. The molecule has 0 heterocycles. The fourth-order valence-corrected chi connectivity index (χ4v) is 5.40. The van der Waals surface area contributed by atoms with Gasteiger partial charge in [0.05, 0.1) is 111 Å². The Hall–Kier alpha value is -2.62. The number of rotatable bonds is 36. The molecule has 0 spiro atoms. The van der Waals surface area contributed by atoms with Crippen LogP contribution >= 0.6 is 0 Å². The Morgan fingerprint density at radius 1 is 0.582 bits per heavy atom. The Labute approximate surface area is 330 Å². The van der Waals surface area contributed by atoms with Gasteiger partial charge in [0, 0.05) is 14.2 Å². The molecule has 0 bridgehead atoms. The van der Waals surface area contributed by atoms with Crippen molar-refractivity contribution in [2.75, 3.05) is 120 Å². The minimum atomic E-state index is -0.558. The van der Waals surface area contributed by atoms with Gasteiger partial charge in [0.15, 0.2) is 12.6 Å². The summed E-state index contributed by atoms with van der Waals surface area (Å²) in [5, 5.41) is 0. The molecule has 2 atom stereocenters. The van der Waals surface area contributed by atoms with Crippen molar-refractivity contribution >= 4 is 5.57 Å². The van der Waals surface area contributed by atoms with Crippen molar-refractivity contribution in [3.63, 3.8) is 0 Å². The average Bonchev–Trinajstić information content (AvgIpc) is 3.15. The third kappa shape index (κ3) is 22.0. The standard InChI is InChI=1S/C43H70O12/c1-9-10-11-12-38-32-41(54-36(5)52-29-27-50-25-23-48-21-19-46-17-15-44-7)43(40-31-35(4)13-14-39(40)34(2)3)42(33-38)55-37(6)53-30-28-51-26-24-49-22-20-47-18-16-45-8/h13-14,31-33,36-37H,2,9-12,15-30H2,1,3-8H3. The zero-order valence-corrected chi connectivity index (χ0v) is 34.8. The Morgan fingerprint density at radius 3 is 1.40 bits per heavy atom. The highest BCUT2D eigenvalue weighted by Gasteiger charge is 2.22. The van der Waals surface area contributed by atoms with Gasteiger partial charge < -0.3 is 56.8 Å². The van der Waals surface area contributed by atoms with Crippen LogP contribution in [0.1, 0.15) is 63.6 Å². The fraction of sp³-hybridized carbons (Fsp3) is 0.674. The molecule has 0 aliphatic carbocycles. The highest BCUT2D eigenvalue weighted by Crippen LogP contribution is 2.44. The molecule has 2 aromatic rings. The van der Waals surface area contributed by atoms with Crippen molar-refractivity contribution in [2.45, 2.75) is 72.9 Å². The summed E-state index contributed by atoms with van der Waals surface area (Å²) in [5.41, 5.74) is 5.97. The van der Waals surface area contributed by atoms with Crippen molar-refractivity contribution in [3.8, 4) is 22.6 Å². The number of aryl methyl sites for hydroxylation is 2. The van der Waals surface area contributed by atoms with Gasteiger partial charge in [-0.15, -0.1) is 0 Å². The molecular weight excluding hydrogens is 708 g/mol. The SMILES string of the molecule is C=C(C)c1ccc(C)cc1-c1c(OC(C)OCCOCCOCCOCCOC)cc(CCCCC)cc1OC(C)OCCOCCOCCOCCOC. The largest absolute Gasteiger partial charge is 0.464 e. The second kappa shape index (κ2) is 31.5. The molecule has 314 valence electrons. The zero-order chi connectivity index (χ0) is 39.9. The van der Waals surface area contributed by atoms with E-state index in [9.17, 15) is 0 Å². The molecule has 0 fully saturated rings. The Kier molecular flexibility index (Phi) is 27.8. The highest BCUT2D eigenvalue weighted by atomic mass is 16.7. The molecule has 0 N–H and O–H groups in total. The molecule has 12 nitrogen and oxygen atoms in total. The first kappa shape index (κ1) is 48.5. The van der Waals surface area contributed by atoms with Crippen LogP contribution in [0.25, 0.3) is 16.7 Å². The lowest BCUT2D eigenvalue weighted by molar-refractivity contribution is -0.0890. The smallest absolute Gasteiger partial charge is 0.197 e. The summed E-state index contributed by atoms with van der Waals surface area (Å²) in [6.45, 7) is 22.1. The molecule has 0 aliphatic heterocycles. The minimum Gasteiger partial charge on any atom is -0.464 e. The van der Waals surface area contributed by atoms with Gasteiger partial charge in [-0.2, -0.15) is 0 Å². The molecule has 55 heavy (non-hydrogen) atoms. The Balaban J connectivity index is 2.09. The van der Waals surface area contributed by atoms with E-state index in [1.807, 2.05) is 20.8 Å². The van der Waals surface area contributed by atoms with Crippen LogP contribution in [-0.4, -0.2) is 133 Å². The van der Waals surface area contributed by atoms with E-state index in [-0.39, 0.29) is 0 Å². The first-order valence-electron chi connectivity index (χ1n) is 19.7. The zero-order valence-electron chi connectivity index (χ0n) is 34.8. The van der Waals surface area contributed by atoms with Gasteiger partial charge in [-0.05, 0) is 69.4 Å². The maximum absolute atomic E-state index is 6.60. The lowest BCUT2D eigenvalue weighted by Crippen LogP contribution is -2.22. The van der Waals surface area contributed by atoms with Crippen LogP contribution in [0.15, 0.2) is 36.9 Å². The number of unbranched alkanes of at least 4 members (excludes halogenated alkanes) is 2. The van der Waals surface area contributed by atoms with E-state index in [0.29, 0.717) is 117 Å². The van der Waals surface area contributed by atoms with Crippen LogP contribution in [0.4, 0.5) is 0 Å². The van der Waals surface area contributed by atoms with E-state index in [4.69, 9.17) is 56.8 Å². The third-order valence-electron chi connectivity index (χ3n) is 8.20. The van der Waals surface area contributed by atoms with Crippen molar-refractivity contribution < 1.29 is 56.8 Å². The van der Waals surface area contributed by atoms with E-state index >= 15 is 0 Å². The topological polar surface area (TPSA) is 111 Å². The van der Waals surface area contributed by atoms with Crippen LogP contribution in [0.5, 0.6) is 11.5 Å². The summed E-state index contributed by atoms with van der Waals surface area (Å²) in [5.74, 6) is 1.34. The van der Waals surface area contributed by atoms with Crippen molar-refractivity contribution in [2.24, 2.45) is 0 Å². The van der Waals surface area contributed by atoms with Crippen LogP contribution in [-0.2, 0) is 53.8 Å². The molecule has 0 amide bonds. The minimum absolute atomic E-state index is 0.361. The van der Waals surface area contributed by atoms with Crippen LogP contribution in [0, 0.1) is 6.92 Å². The first-order chi connectivity index (χ1) is 26.8. The van der Waals surface area contributed by atoms with Crippen LogP contribution in [0.2, 0.25) is 0 Å². The number of allylic oxidation sites excluding steroid dienone is 1. The second-order valence-electron chi connectivity index (χ2n) is 13.0. The van der Waals surface area contributed by atoms with Gasteiger partial charge in [-0.25, -0.2) is 0 Å². The number of hydrogen-bond acceptors (Lipinski definition) is 12. The second-order valence-corrected chi connectivity index (χ2v) is 13.0. The molecule has 2 rings (SSSR count). The number of hydrogen-bond donors (Lipinski definition) is 0. The maximum atomic E-state index is 6.60. The Bertz CT molecular complexity index is 1220. The summed E-state index contributed by atoms with van der Waals surface area (Å²) < 4.78 is 68.6. The summed E-state index contributed by atoms with van der Waals surface area (Å²) in [7, 11) is 3.30. The number of benzene rings is 2. The van der Waals surface area contributed by atoms with E-state index < -0.39 is 12.6 Å². The van der Waals surface area contributed by atoms with Crippen molar-refractivity contribution in [3.05, 3.63) is 53.6 Å². The van der Waals surface area contributed by atoms with Crippen LogP contribution in [0.3, 0.4) is 0 Å². The molecule has 0 aliphatic rings. The Morgan fingerprint density at radius 2 is 1.00 bits per heavy atom. The lowest BCUT2D eigenvalue weighted by Gasteiger charge is -2.25. The molecule has 2 unspecified atom stereocenters. The van der Waals surface area contributed by atoms with Crippen molar-refractivity contribution in [1.29, 1.82) is 0 Å². The van der Waals surface area contributed by atoms with E-state index in [0.717, 1.165) is 59.1 Å². The maximum Gasteiger partial charge on any atom is 0.197 e. The van der Waals surface area contributed by atoms with Gasteiger partial charge in [-0.1, -0.05) is 55.7 Å². The van der Waals surface area contributed by atoms with Crippen LogP contribution < -0.4 is 9.47 Å². The quantitative estimate of drug-likeness (QED) is 0.0512. The molecular formula is C43H70O12. The first-order valence-corrected chi connectivity index (χ1v) is 19.7. The van der Waals surface area contributed by atoms with E-state index in [2.05, 4.69) is 50.8 Å². The van der Waals surface area contributed by atoms with Gasteiger partial charge in [0.2, 0.25) is 0 Å². The van der Waals surface area contributed by atoms with Gasteiger partial charge >= 0.3 is 0 Å². The highest BCUT2D eigenvalue weighted by molar-refractivity contribution is 5.87. The van der Waals surface area contributed by atoms with E-state index in [1.54, 1.807) is 14.2 Å². The fourth-order valence-electron chi connectivity index (χ4n) is 5.40. The molecule has 0 aromatic heterocycles. The van der Waals surface area contributed by atoms with Gasteiger partial charge in [-0.3, -0.25) is 0 Å². The van der Waals surface area contributed by atoms with Gasteiger partial charge in [0.25, 0.3) is 0 Å². The predicted molar refractivity (Wildman–Crippen MR) is 215 cm³/mol. The third-order valence-corrected chi connectivity index (χ3v) is 8.20. The normalized spacial score (nSPS) is 12.6. The molecule has 0 radical (unpaired) electrons. The van der Waals surface area contributed by atoms with Crippen molar-refractivity contribution in [1.82, 2.24) is 0 Å². The van der Waals surface area contributed by atoms with Gasteiger partial charge in [0.1, 0.15) is 11.5 Å². The van der Waals surface area contributed by atoms with E-state index in [1.165, 1.54) is 0 Å². The number of methoxy groups -OCH3 is 2. The molecule has 0 saturated carbocycles. The summed E-state index contributed by atoms with van der Waals surface area (Å²) in [6, 6.07) is 10.6. The molecule has 2 aromatic carbocycles. The summed E-state index contributed by atoms with van der Waals surface area (Å²) in [4.78, 5) is 0. The lowest BCUT2D eigenvalue weighted by atomic mass is 9.91. The predicted octanol–water partition coefficient (Wildman–Crippen LogP) is 7.30. The molecule has 12 heteroatoms.